The Morgan fingerprint density at radius 2 is 1.93 bits per heavy atom. The minimum atomic E-state index is -0.0696. The van der Waals surface area contributed by atoms with Gasteiger partial charge < -0.3 is 10.4 Å². The van der Waals surface area contributed by atoms with Crippen molar-refractivity contribution in [2.24, 2.45) is 0 Å². The van der Waals surface area contributed by atoms with E-state index in [-0.39, 0.29) is 6.10 Å². The predicted molar refractivity (Wildman–Crippen MR) is 61.9 cm³/mol. The van der Waals surface area contributed by atoms with Gasteiger partial charge in [0.05, 0.1) is 6.10 Å². The zero-order chi connectivity index (χ0) is 10.7. The molecule has 1 aliphatic heterocycles. The number of piperidine rings is 1. The van der Waals surface area contributed by atoms with Crippen LogP contribution in [0.15, 0.2) is 0 Å². The molecular formula is C12H24N2O. The summed E-state index contributed by atoms with van der Waals surface area (Å²) in [7, 11) is 0. The first-order valence-electron chi connectivity index (χ1n) is 6.47. The van der Waals surface area contributed by atoms with Gasteiger partial charge in [-0.2, -0.15) is 0 Å². The van der Waals surface area contributed by atoms with Gasteiger partial charge in [-0.05, 0) is 51.7 Å². The Bertz CT molecular complexity index is 192. The third-order valence-electron chi connectivity index (χ3n) is 4.01. The molecule has 2 aliphatic rings. The summed E-state index contributed by atoms with van der Waals surface area (Å²) >= 11 is 0. The van der Waals surface area contributed by atoms with E-state index < -0.39 is 0 Å². The highest BCUT2D eigenvalue weighted by Crippen LogP contribution is 2.27. The number of likely N-dealkylation sites (N-methyl/N-ethyl adjacent to an activating group) is 1. The van der Waals surface area contributed by atoms with Crippen LogP contribution in [0.1, 0.15) is 39.0 Å². The first-order valence-corrected chi connectivity index (χ1v) is 6.47. The van der Waals surface area contributed by atoms with Gasteiger partial charge in [0.15, 0.2) is 0 Å². The van der Waals surface area contributed by atoms with Gasteiger partial charge in [-0.3, -0.25) is 4.90 Å². The molecule has 1 heterocycles. The molecule has 0 spiro atoms. The summed E-state index contributed by atoms with van der Waals surface area (Å²) in [5.74, 6) is 0. The monoisotopic (exact) mass is 212 g/mol. The first kappa shape index (κ1) is 11.4. The van der Waals surface area contributed by atoms with Gasteiger partial charge in [-0.15, -0.1) is 0 Å². The van der Waals surface area contributed by atoms with Gasteiger partial charge in [0.1, 0.15) is 0 Å². The van der Waals surface area contributed by atoms with Gasteiger partial charge in [0.25, 0.3) is 0 Å². The molecule has 2 rings (SSSR count). The maximum absolute atomic E-state index is 9.96. The van der Waals surface area contributed by atoms with Crippen LogP contribution in [0.5, 0.6) is 0 Å². The van der Waals surface area contributed by atoms with Gasteiger partial charge in [0.2, 0.25) is 0 Å². The number of rotatable bonds is 3. The molecule has 0 aromatic heterocycles. The molecule has 2 atom stereocenters. The molecule has 15 heavy (non-hydrogen) atoms. The van der Waals surface area contributed by atoms with E-state index in [1.807, 2.05) is 0 Å². The van der Waals surface area contributed by atoms with Crippen LogP contribution < -0.4 is 5.32 Å². The molecule has 2 unspecified atom stereocenters. The maximum Gasteiger partial charge on any atom is 0.0695 e. The van der Waals surface area contributed by atoms with Crippen LogP contribution in [-0.2, 0) is 0 Å². The van der Waals surface area contributed by atoms with E-state index in [0.29, 0.717) is 12.1 Å². The fourth-order valence-electron chi connectivity index (χ4n) is 3.21. The van der Waals surface area contributed by atoms with Gasteiger partial charge in [-0.1, -0.05) is 6.92 Å². The molecule has 3 heteroatoms. The summed E-state index contributed by atoms with van der Waals surface area (Å²) in [6.07, 6.45) is 5.83. The lowest BCUT2D eigenvalue weighted by atomic mass is 10.0. The van der Waals surface area contributed by atoms with Crippen LogP contribution in [0.4, 0.5) is 0 Å². The fraction of sp³-hybridized carbons (Fsp3) is 1.00. The van der Waals surface area contributed by atoms with Crippen LogP contribution in [-0.4, -0.2) is 47.8 Å². The predicted octanol–water partition coefficient (Wildman–Crippen LogP) is 0.974. The minimum Gasteiger partial charge on any atom is -0.391 e. The molecule has 88 valence electrons. The van der Waals surface area contributed by atoms with Gasteiger partial charge in [0, 0.05) is 12.1 Å². The Balaban J connectivity index is 1.95. The number of hydrogen-bond donors (Lipinski definition) is 2. The van der Waals surface area contributed by atoms with Crippen LogP contribution in [0.2, 0.25) is 0 Å². The molecule has 2 N–H and O–H groups in total. The topological polar surface area (TPSA) is 35.5 Å². The van der Waals surface area contributed by atoms with E-state index in [0.717, 1.165) is 26.1 Å². The second-order valence-electron chi connectivity index (χ2n) is 4.88. The van der Waals surface area contributed by atoms with Crippen LogP contribution in [0.3, 0.4) is 0 Å². The van der Waals surface area contributed by atoms with E-state index in [9.17, 15) is 5.11 Å². The van der Waals surface area contributed by atoms with Crippen molar-refractivity contribution >= 4 is 0 Å². The van der Waals surface area contributed by atoms with Crippen molar-refractivity contribution in [1.82, 2.24) is 10.2 Å². The van der Waals surface area contributed by atoms with Crippen molar-refractivity contribution < 1.29 is 5.11 Å². The molecule has 0 amide bonds. The maximum atomic E-state index is 9.96. The van der Waals surface area contributed by atoms with E-state index >= 15 is 0 Å². The summed E-state index contributed by atoms with van der Waals surface area (Å²) in [6.45, 7) is 5.60. The summed E-state index contributed by atoms with van der Waals surface area (Å²) < 4.78 is 0. The average Bonchev–Trinajstić information content (AvgIpc) is 2.68. The summed E-state index contributed by atoms with van der Waals surface area (Å²) in [5.41, 5.74) is 0. The van der Waals surface area contributed by atoms with E-state index in [4.69, 9.17) is 0 Å². The smallest absolute Gasteiger partial charge is 0.0695 e. The zero-order valence-electron chi connectivity index (χ0n) is 9.78. The van der Waals surface area contributed by atoms with Crippen LogP contribution in [0.25, 0.3) is 0 Å². The van der Waals surface area contributed by atoms with Crippen LogP contribution >= 0.6 is 0 Å². The van der Waals surface area contributed by atoms with Crippen molar-refractivity contribution in [3.05, 3.63) is 0 Å². The zero-order valence-corrected chi connectivity index (χ0v) is 9.78. The summed E-state index contributed by atoms with van der Waals surface area (Å²) in [5, 5.41) is 13.4. The molecule has 3 nitrogen and oxygen atoms in total. The van der Waals surface area contributed by atoms with E-state index in [1.165, 1.54) is 25.7 Å². The molecule has 2 fully saturated rings. The Morgan fingerprint density at radius 1 is 1.20 bits per heavy atom. The highest BCUT2D eigenvalue weighted by Gasteiger charge is 2.33. The number of aliphatic hydroxyl groups is 1. The Kier molecular flexibility index (Phi) is 4.00. The van der Waals surface area contributed by atoms with Gasteiger partial charge in [-0.25, -0.2) is 0 Å². The average molecular weight is 212 g/mol. The minimum absolute atomic E-state index is 0.0696. The van der Waals surface area contributed by atoms with Gasteiger partial charge >= 0.3 is 0 Å². The Labute approximate surface area is 92.8 Å². The third-order valence-corrected chi connectivity index (χ3v) is 4.01. The molecule has 1 saturated carbocycles. The van der Waals surface area contributed by atoms with Crippen LogP contribution in [0, 0.1) is 0 Å². The van der Waals surface area contributed by atoms with Crippen molar-refractivity contribution in [2.45, 2.75) is 57.2 Å². The molecule has 1 saturated heterocycles. The number of aliphatic hydroxyl groups excluding tert-OH is 1. The molecule has 0 aromatic rings. The van der Waals surface area contributed by atoms with E-state index in [1.54, 1.807) is 0 Å². The number of nitrogens with zero attached hydrogens (tertiary/aromatic N) is 1. The van der Waals surface area contributed by atoms with Crippen molar-refractivity contribution in [3.8, 4) is 0 Å². The number of hydrogen-bond acceptors (Lipinski definition) is 3. The first-order chi connectivity index (χ1) is 7.33. The Morgan fingerprint density at radius 3 is 2.47 bits per heavy atom. The van der Waals surface area contributed by atoms with E-state index in [2.05, 4.69) is 17.1 Å². The van der Waals surface area contributed by atoms with Crippen molar-refractivity contribution in [1.29, 1.82) is 0 Å². The normalized spacial score (nSPS) is 33.8. The highest BCUT2D eigenvalue weighted by atomic mass is 16.3. The molecule has 0 radical (unpaired) electrons. The molecule has 0 bridgehead atoms. The standard InChI is InChI=1S/C12H24N2O/c1-2-14(10-6-8-13-9-7-10)11-4-3-5-12(11)15/h10-13,15H,2-9H2,1H3. The second-order valence-corrected chi connectivity index (χ2v) is 4.88. The molecular weight excluding hydrogens is 188 g/mol. The lowest BCUT2D eigenvalue weighted by molar-refractivity contribution is 0.0368. The lowest BCUT2D eigenvalue weighted by Crippen LogP contribution is -2.50. The fourth-order valence-corrected chi connectivity index (χ4v) is 3.21. The number of nitrogens with one attached hydrogen (secondary N) is 1. The largest absolute Gasteiger partial charge is 0.391 e. The molecule has 0 aromatic carbocycles. The lowest BCUT2D eigenvalue weighted by Gasteiger charge is -2.39. The highest BCUT2D eigenvalue weighted by molar-refractivity contribution is 4.89. The third kappa shape index (κ3) is 2.52. The molecule has 1 aliphatic carbocycles. The Hall–Kier alpha value is -0.120. The SMILES string of the molecule is CCN(C1CCNCC1)C1CCCC1O. The van der Waals surface area contributed by atoms with Crippen molar-refractivity contribution in [3.63, 3.8) is 0 Å². The quantitative estimate of drug-likeness (QED) is 0.732. The van der Waals surface area contributed by atoms with Crippen molar-refractivity contribution in [2.75, 3.05) is 19.6 Å². The summed E-state index contributed by atoms with van der Waals surface area (Å²) in [6, 6.07) is 1.15. The second kappa shape index (κ2) is 5.28. The summed E-state index contributed by atoms with van der Waals surface area (Å²) in [4.78, 5) is 2.55.